The second-order valence-corrected chi connectivity index (χ2v) is 7.78. The number of hydrogen-bond acceptors (Lipinski definition) is 5. The van der Waals surface area contributed by atoms with Crippen molar-refractivity contribution in [1.82, 2.24) is 14.6 Å². The second-order valence-electron chi connectivity index (χ2n) is 4.75. The van der Waals surface area contributed by atoms with E-state index in [2.05, 4.69) is 10.3 Å². The van der Waals surface area contributed by atoms with Crippen molar-refractivity contribution in [2.75, 3.05) is 13.6 Å². The number of carbonyl (C=O) groups excluding carboxylic acids is 1. The van der Waals surface area contributed by atoms with E-state index in [0.29, 0.717) is 0 Å². The Hall–Kier alpha value is -1.77. The van der Waals surface area contributed by atoms with E-state index >= 15 is 0 Å². The summed E-state index contributed by atoms with van der Waals surface area (Å²) in [5, 5.41) is 4.71. The zero-order valence-electron chi connectivity index (χ0n) is 12.3. The molecule has 0 unspecified atom stereocenters. The number of aromatic nitrogens is 1. The number of sulfonamides is 1. The van der Waals surface area contributed by atoms with Crippen molar-refractivity contribution >= 4 is 27.3 Å². The number of nitrogens with one attached hydrogen (secondary N) is 1. The first-order valence-corrected chi connectivity index (χ1v) is 8.92. The number of carbonyl (C=O) groups is 1. The molecule has 8 heteroatoms. The van der Waals surface area contributed by atoms with E-state index in [1.54, 1.807) is 6.07 Å². The minimum Gasteiger partial charge on any atom is -0.348 e. The molecule has 0 aliphatic rings. The van der Waals surface area contributed by atoms with Gasteiger partial charge >= 0.3 is 0 Å². The topological polar surface area (TPSA) is 79.4 Å². The van der Waals surface area contributed by atoms with Crippen LogP contribution in [-0.4, -0.2) is 37.2 Å². The van der Waals surface area contributed by atoms with Crippen LogP contribution in [0.15, 0.2) is 46.9 Å². The number of nitrogens with zero attached hydrogens (tertiary/aromatic N) is 2. The van der Waals surface area contributed by atoms with Crippen LogP contribution in [0.25, 0.3) is 0 Å². The molecular formula is C14H17N3O3S2. The van der Waals surface area contributed by atoms with Crippen LogP contribution >= 0.6 is 11.3 Å². The van der Waals surface area contributed by atoms with Crippen LogP contribution < -0.4 is 5.32 Å². The summed E-state index contributed by atoms with van der Waals surface area (Å²) in [6.07, 6.45) is 2.76. The van der Waals surface area contributed by atoms with Crippen molar-refractivity contribution in [2.45, 2.75) is 17.9 Å². The van der Waals surface area contributed by atoms with Crippen LogP contribution in [0.3, 0.4) is 0 Å². The molecule has 1 amide bonds. The van der Waals surface area contributed by atoms with E-state index in [-0.39, 0.29) is 23.4 Å². The van der Waals surface area contributed by atoms with E-state index in [4.69, 9.17) is 0 Å². The second kappa shape index (κ2) is 6.99. The molecule has 22 heavy (non-hydrogen) atoms. The van der Waals surface area contributed by atoms with Crippen LogP contribution in [0.2, 0.25) is 0 Å². The highest BCUT2D eigenvalue weighted by atomic mass is 32.2. The van der Waals surface area contributed by atoms with E-state index in [1.165, 1.54) is 36.8 Å². The summed E-state index contributed by atoms with van der Waals surface area (Å²) in [6.45, 7) is 1.62. The molecule has 118 valence electrons. The van der Waals surface area contributed by atoms with Gasteiger partial charge in [-0.25, -0.2) is 8.42 Å². The maximum absolute atomic E-state index is 12.3. The number of rotatable bonds is 6. The van der Waals surface area contributed by atoms with Crippen LogP contribution in [0.1, 0.15) is 17.8 Å². The van der Waals surface area contributed by atoms with Gasteiger partial charge in [0.15, 0.2) is 0 Å². The van der Waals surface area contributed by atoms with E-state index < -0.39 is 10.0 Å². The lowest BCUT2D eigenvalue weighted by molar-refractivity contribution is -0.121. The minimum absolute atomic E-state index is 0.0663. The molecule has 0 fully saturated rings. The molecule has 1 atom stereocenters. The average molecular weight is 339 g/mol. The molecule has 0 spiro atoms. The third-order valence-corrected chi connectivity index (χ3v) is 5.90. The quantitative estimate of drug-likeness (QED) is 0.868. The minimum atomic E-state index is -3.71. The molecule has 6 nitrogen and oxygen atoms in total. The van der Waals surface area contributed by atoms with Crippen LogP contribution in [0.5, 0.6) is 0 Å². The Morgan fingerprint density at radius 3 is 2.77 bits per heavy atom. The summed E-state index contributed by atoms with van der Waals surface area (Å²) < 4.78 is 25.6. The highest BCUT2D eigenvalue weighted by molar-refractivity contribution is 7.89. The molecule has 0 aliphatic carbocycles. The smallest absolute Gasteiger partial charge is 0.244 e. The van der Waals surface area contributed by atoms with Gasteiger partial charge in [-0.2, -0.15) is 4.31 Å². The fourth-order valence-corrected chi connectivity index (χ4v) is 3.69. The molecule has 2 aromatic rings. The lowest BCUT2D eigenvalue weighted by atomic mass is 10.3. The van der Waals surface area contributed by atoms with Gasteiger partial charge in [-0.3, -0.25) is 9.78 Å². The van der Waals surface area contributed by atoms with Gasteiger partial charge in [-0.15, -0.1) is 11.3 Å². The number of pyridine rings is 1. The molecule has 2 heterocycles. The molecule has 0 radical (unpaired) electrons. The Kier molecular flexibility index (Phi) is 5.28. The average Bonchev–Trinajstić information content (AvgIpc) is 3.02. The summed E-state index contributed by atoms with van der Waals surface area (Å²) in [6, 6.07) is 6.67. The highest BCUT2D eigenvalue weighted by Crippen LogP contribution is 2.18. The third kappa shape index (κ3) is 3.90. The molecular weight excluding hydrogens is 322 g/mol. The number of hydrogen-bond donors (Lipinski definition) is 1. The first-order valence-electron chi connectivity index (χ1n) is 6.60. The van der Waals surface area contributed by atoms with Gasteiger partial charge < -0.3 is 5.32 Å². The van der Waals surface area contributed by atoms with Crippen molar-refractivity contribution in [3.8, 4) is 0 Å². The molecule has 0 saturated heterocycles. The predicted octanol–water partition coefficient (Wildman–Crippen LogP) is 1.64. The molecule has 2 aromatic heterocycles. The number of amides is 1. The Morgan fingerprint density at radius 1 is 1.41 bits per heavy atom. The Labute approximate surface area is 133 Å². The Balaban J connectivity index is 1.99. The first-order chi connectivity index (χ1) is 10.4. The molecule has 0 aliphatic heterocycles. The van der Waals surface area contributed by atoms with E-state index in [0.717, 1.165) is 9.18 Å². The highest BCUT2D eigenvalue weighted by Gasteiger charge is 2.23. The molecule has 1 N–H and O–H groups in total. The fraction of sp³-hybridized carbons (Fsp3) is 0.286. The third-order valence-electron chi connectivity index (χ3n) is 3.06. The molecule has 0 saturated carbocycles. The van der Waals surface area contributed by atoms with Gasteiger partial charge in [-0.05, 0) is 30.5 Å². The summed E-state index contributed by atoms with van der Waals surface area (Å²) in [5.74, 6) is -0.351. The Morgan fingerprint density at radius 2 is 2.18 bits per heavy atom. The normalized spacial score (nSPS) is 13.0. The lowest BCUT2D eigenvalue weighted by Gasteiger charge is -2.18. The zero-order chi connectivity index (χ0) is 16.2. The van der Waals surface area contributed by atoms with Gasteiger partial charge in [-0.1, -0.05) is 6.07 Å². The van der Waals surface area contributed by atoms with Crippen molar-refractivity contribution in [3.05, 3.63) is 46.9 Å². The Bertz CT molecular complexity index is 715. The molecule has 0 bridgehead atoms. The monoisotopic (exact) mass is 339 g/mol. The van der Waals surface area contributed by atoms with Gasteiger partial charge in [0.05, 0.1) is 12.6 Å². The van der Waals surface area contributed by atoms with Crippen molar-refractivity contribution in [2.24, 2.45) is 0 Å². The standard InChI is InChI=1S/C14H17N3O3S2/c1-11(13-6-4-8-21-13)16-14(18)10-17(2)22(19,20)12-5-3-7-15-9-12/h3-9,11H,10H2,1-2H3,(H,16,18)/t11-/m1/s1. The van der Waals surface area contributed by atoms with Crippen molar-refractivity contribution in [3.63, 3.8) is 0 Å². The van der Waals surface area contributed by atoms with E-state index in [9.17, 15) is 13.2 Å². The summed E-state index contributed by atoms with van der Waals surface area (Å²) in [5.41, 5.74) is 0. The van der Waals surface area contributed by atoms with Crippen molar-refractivity contribution < 1.29 is 13.2 Å². The molecule has 2 rings (SSSR count). The summed E-state index contributed by atoms with van der Waals surface area (Å²) in [4.78, 5) is 16.9. The SMILES string of the molecule is C[C@@H](NC(=O)CN(C)S(=O)(=O)c1cccnc1)c1cccs1. The predicted molar refractivity (Wildman–Crippen MR) is 84.9 cm³/mol. The van der Waals surface area contributed by atoms with Gasteiger partial charge in [0.1, 0.15) is 4.90 Å². The van der Waals surface area contributed by atoms with Crippen LogP contribution in [0.4, 0.5) is 0 Å². The van der Waals surface area contributed by atoms with Crippen molar-refractivity contribution in [1.29, 1.82) is 0 Å². The largest absolute Gasteiger partial charge is 0.348 e. The summed E-state index contributed by atoms with van der Waals surface area (Å²) >= 11 is 1.54. The maximum atomic E-state index is 12.3. The van der Waals surface area contributed by atoms with Gasteiger partial charge in [0, 0.05) is 24.3 Å². The van der Waals surface area contributed by atoms with E-state index in [1.807, 2.05) is 24.4 Å². The lowest BCUT2D eigenvalue weighted by Crippen LogP contribution is -2.39. The van der Waals surface area contributed by atoms with Gasteiger partial charge in [0.25, 0.3) is 0 Å². The van der Waals surface area contributed by atoms with Crippen LogP contribution in [0, 0.1) is 0 Å². The number of thiophene rings is 1. The number of likely N-dealkylation sites (N-methyl/N-ethyl adjacent to an activating group) is 1. The first kappa shape index (κ1) is 16.6. The maximum Gasteiger partial charge on any atom is 0.244 e. The van der Waals surface area contributed by atoms with Crippen LogP contribution in [-0.2, 0) is 14.8 Å². The fourth-order valence-electron chi connectivity index (χ4n) is 1.86. The molecule has 0 aromatic carbocycles. The summed E-state index contributed by atoms with van der Waals surface area (Å²) in [7, 11) is -2.34. The zero-order valence-corrected chi connectivity index (χ0v) is 13.9. The van der Waals surface area contributed by atoms with Gasteiger partial charge in [0.2, 0.25) is 15.9 Å².